The molecule has 2 saturated carbocycles. The van der Waals surface area contributed by atoms with Gasteiger partial charge in [0.1, 0.15) is 0 Å². The minimum atomic E-state index is -0.527. The molecule has 1 N–H and O–H groups in total. The number of hydrogen-bond donors (Lipinski definition) is 1. The van der Waals surface area contributed by atoms with E-state index >= 15 is 0 Å². The van der Waals surface area contributed by atoms with Gasteiger partial charge in [-0.25, -0.2) is 0 Å². The van der Waals surface area contributed by atoms with Gasteiger partial charge >= 0.3 is 5.97 Å². The molecule has 3 atom stereocenters. The molecule has 0 aliphatic heterocycles. The minimum Gasteiger partial charge on any atom is -0.481 e. The Labute approximate surface area is 92.1 Å². The molecule has 2 heteroatoms. The Morgan fingerprint density at radius 1 is 1.20 bits per heavy atom. The number of aliphatic carboxylic acids is 1. The maximum Gasteiger partial charge on any atom is 0.309 e. The average Bonchev–Trinajstić information content (AvgIpc) is 2.08. The second-order valence-electron chi connectivity index (χ2n) is 5.78. The van der Waals surface area contributed by atoms with Crippen LogP contribution in [-0.2, 0) is 4.79 Å². The van der Waals surface area contributed by atoms with Gasteiger partial charge in [0.05, 0.1) is 5.41 Å². The zero-order valence-corrected chi connectivity index (χ0v) is 9.83. The van der Waals surface area contributed by atoms with Crippen LogP contribution in [0.2, 0.25) is 0 Å². The molecular weight excluding hydrogens is 188 g/mol. The van der Waals surface area contributed by atoms with E-state index in [2.05, 4.69) is 13.8 Å². The first-order valence-electron chi connectivity index (χ1n) is 6.29. The maximum atomic E-state index is 11.4. The summed E-state index contributed by atoms with van der Waals surface area (Å²) in [7, 11) is 0. The Morgan fingerprint density at radius 2 is 1.87 bits per heavy atom. The van der Waals surface area contributed by atoms with Gasteiger partial charge in [-0.2, -0.15) is 0 Å². The molecule has 2 aliphatic rings. The summed E-state index contributed by atoms with van der Waals surface area (Å²) >= 11 is 0. The lowest BCUT2D eigenvalue weighted by Gasteiger charge is -2.48. The number of carbonyl (C=O) groups is 1. The van der Waals surface area contributed by atoms with Gasteiger partial charge in [0.25, 0.3) is 0 Å². The molecule has 0 aromatic heterocycles. The molecule has 0 aromatic carbocycles. The van der Waals surface area contributed by atoms with E-state index in [1.807, 2.05) is 0 Å². The highest BCUT2D eigenvalue weighted by molar-refractivity contribution is 5.76. The summed E-state index contributed by atoms with van der Waals surface area (Å²) in [5.41, 5.74) is -0.325. The third-order valence-electron chi connectivity index (χ3n) is 5.05. The minimum absolute atomic E-state index is 0.325. The zero-order chi connectivity index (χ0) is 11.1. The molecule has 0 saturated heterocycles. The molecule has 0 radical (unpaired) electrons. The quantitative estimate of drug-likeness (QED) is 0.759. The number of rotatable bonds is 2. The highest BCUT2D eigenvalue weighted by Crippen LogP contribution is 2.53. The Balaban J connectivity index is 2.07. The molecule has 15 heavy (non-hydrogen) atoms. The first-order valence-corrected chi connectivity index (χ1v) is 6.29. The van der Waals surface area contributed by atoms with Crippen LogP contribution in [0.3, 0.4) is 0 Å². The van der Waals surface area contributed by atoms with Gasteiger partial charge in [-0.15, -0.1) is 0 Å². The fraction of sp³-hybridized carbons (Fsp3) is 0.923. The number of carboxylic acids is 1. The van der Waals surface area contributed by atoms with Crippen LogP contribution in [0.15, 0.2) is 0 Å². The Hall–Kier alpha value is -0.530. The van der Waals surface area contributed by atoms with Gasteiger partial charge in [-0.3, -0.25) is 4.79 Å². The Bertz CT molecular complexity index is 255. The molecule has 2 fully saturated rings. The van der Waals surface area contributed by atoms with E-state index in [0.717, 1.165) is 38.0 Å². The lowest BCUT2D eigenvalue weighted by Crippen LogP contribution is -2.46. The second-order valence-corrected chi connectivity index (χ2v) is 5.78. The SMILES string of the molecule is CC1CCC(C2(C(=O)O)CCC2)CC1C. The van der Waals surface area contributed by atoms with Crippen LogP contribution in [0, 0.1) is 23.2 Å². The van der Waals surface area contributed by atoms with Crippen LogP contribution in [0.1, 0.15) is 52.4 Å². The van der Waals surface area contributed by atoms with E-state index in [1.54, 1.807) is 0 Å². The van der Waals surface area contributed by atoms with Crippen LogP contribution in [-0.4, -0.2) is 11.1 Å². The summed E-state index contributed by atoms with van der Waals surface area (Å²) < 4.78 is 0. The molecule has 0 bridgehead atoms. The zero-order valence-electron chi connectivity index (χ0n) is 9.83. The smallest absolute Gasteiger partial charge is 0.309 e. The monoisotopic (exact) mass is 210 g/mol. The van der Waals surface area contributed by atoms with Crippen molar-refractivity contribution in [3.8, 4) is 0 Å². The summed E-state index contributed by atoms with van der Waals surface area (Å²) in [6, 6.07) is 0. The molecule has 0 spiro atoms. The predicted octanol–water partition coefficient (Wildman–Crippen LogP) is 3.31. The molecule has 86 valence electrons. The molecule has 0 aromatic rings. The second kappa shape index (κ2) is 3.80. The van der Waals surface area contributed by atoms with E-state index in [1.165, 1.54) is 6.42 Å². The van der Waals surface area contributed by atoms with E-state index in [-0.39, 0.29) is 5.41 Å². The predicted molar refractivity (Wildman–Crippen MR) is 59.6 cm³/mol. The van der Waals surface area contributed by atoms with Crippen LogP contribution >= 0.6 is 0 Å². The van der Waals surface area contributed by atoms with Crippen molar-refractivity contribution in [3.05, 3.63) is 0 Å². The van der Waals surface area contributed by atoms with Crippen LogP contribution < -0.4 is 0 Å². The van der Waals surface area contributed by atoms with Gasteiger partial charge in [-0.05, 0) is 43.4 Å². The third-order valence-corrected chi connectivity index (χ3v) is 5.05. The van der Waals surface area contributed by atoms with E-state index < -0.39 is 5.97 Å². The van der Waals surface area contributed by atoms with Gasteiger partial charge in [-0.1, -0.05) is 26.7 Å². The highest BCUT2D eigenvalue weighted by atomic mass is 16.4. The van der Waals surface area contributed by atoms with E-state index in [4.69, 9.17) is 0 Å². The summed E-state index contributed by atoms with van der Waals surface area (Å²) in [5, 5.41) is 9.39. The van der Waals surface area contributed by atoms with Gasteiger partial charge < -0.3 is 5.11 Å². The van der Waals surface area contributed by atoms with E-state index in [0.29, 0.717) is 11.8 Å². The molecule has 2 aliphatic carbocycles. The molecular formula is C13H22O2. The standard InChI is InChI=1S/C13H22O2/c1-9-4-5-11(8-10(9)2)13(12(14)15)6-3-7-13/h9-11H,3-8H2,1-2H3,(H,14,15). The largest absolute Gasteiger partial charge is 0.481 e. The van der Waals surface area contributed by atoms with Crippen LogP contribution in [0.25, 0.3) is 0 Å². The van der Waals surface area contributed by atoms with Crippen molar-refractivity contribution >= 4 is 5.97 Å². The Morgan fingerprint density at radius 3 is 2.27 bits per heavy atom. The first-order chi connectivity index (χ1) is 7.06. The van der Waals surface area contributed by atoms with Crippen molar-refractivity contribution < 1.29 is 9.90 Å². The fourth-order valence-corrected chi connectivity index (χ4v) is 3.40. The summed E-state index contributed by atoms with van der Waals surface area (Å²) in [5.74, 6) is 1.42. The summed E-state index contributed by atoms with van der Waals surface area (Å²) in [4.78, 5) is 11.4. The van der Waals surface area contributed by atoms with Crippen molar-refractivity contribution in [3.63, 3.8) is 0 Å². The van der Waals surface area contributed by atoms with Crippen LogP contribution in [0.4, 0.5) is 0 Å². The van der Waals surface area contributed by atoms with Crippen molar-refractivity contribution in [2.24, 2.45) is 23.2 Å². The van der Waals surface area contributed by atoms with Crippen molar-refractivity contribution in [2.45, 2.75) is 52.4 Å². The van der Waals surface area contributed by atoms with Gasteiger partial charge in [0, 0.05) is 0 Å². The lowest BCUT2D eigenvalue weighted by molar-refractivity contribution is -0.162. The molecule has 2 nitrogen and oxygen atoms in total. The molecule has 3 unspecified atom stereocenters. The normalized spacial score (nSPS) is 39.5. The van der Waals surface area contributed by atoms with Crippen molar-refractivity contribution in [1.82, 2.24) is 0 Å². The van der Waals surface area contributed by atoms with Gasteiger partial charge in [0.2, 0.25) is 0 Å². The number of carboxylic acid groups (broad SMARTS) is 1. The van der Waals surface area contributed by atoms with Crippen molar-refractivity contribution in [1.29, 1.82) is 0 Å². The third kappa shape index (κ3) is 1.68. The van der Waals surface area contributed by atoms with Crippen molar-refractivity contribution in [2.75, 3.05) is 0 Å². The van der Waals surface area contributed by atoms with E-state index in [9.17, 15) is 9.90 Å². The fourth-order valence-electron chi connectivity index (χ4n) is 3.40. The number of hydrogen-bond acceptors (Lipinski definition) is 1. The molecule has 0 heterocycles. The topological polar surface area (TPSA) is 37.3 Å². The molecule has 0 amide bonds. The average molecular weight is 210 g/mol. The highest BCUT2D eigenvalue weighted by Gasteiger charge is 2.51. The van der Waals surface area contributed by atoms with Crippen LogP contribution in [0.5, 0.6) is 0 Å². The first kappa shape index (κ1) is 11.0. The maximum absolute atomic E-state index is 11.4. The van der Waals surface area contributed by atoms with Gasteiger partial charge in [0.15, 0.2) is 0 Å². The summed E-state index contributed by atoms with van der Waals surface area (Å²) in [6.07, 6.45) is 6.46. The summed E-state index contributed by atoms with van der Waals surface area (Å²) in [6.45, 7) is 4.58. The lowest BCUT2D eigenvalue weighted by atomic mass is 9.55. The Kier molecular flexibility index (Phi) is 2.78. The molecule has 2 rings (SSSR count).